The van der Waals surface area contributed by atoms with Gasteiger partial charge in [-0.25, -0.2) is 9.78 Å². The average Bonchev–Trinajstić information content (AvgIpc) is 2.61. The van der Waals surface area contributed by atoms with Crippen LogP contribution >= 0.6 is 0 Å². The van der Waals surface area contributed by atoms with Crippen LogP contribution in [0.25, 0.3) is 0 Å². The Kier molecular flexibility index (Phi) is 5.48. The molecule has 0 saturated carbocycles. The van der Waals surface area contributed by atoms with Crippen LogP contribution in [0.2, 0.25) is 0 Å². The number of pyridine rings is 1. The number of halogens is 1. The summed E-state index contributed by atoms with van der Waals surface area (Å²) in [6.07, 6.45) is 2.44. The van der Waals surface area contributed by atoms with Crippen molar-refractivity contribution in [1.82, 2.24) is 9.88 Å². The zero-order valence-corrected chi connectivity index (χ0v) is 14.2. The van der Waals surface area contributed by atoms with Crippen LogP contribution in [0.5, 0.6) is 5.75 Å². The number of hydrogen-bond acceptors (Lipinski definition) is 4. The Labute approximate surface area is 146 Å². The highest BCUT2D eigenvalue weighted by molar-refractivity contribution is 5.69. The molecular formula is C19H21FN2O3. The Morgan fingerprint density at radius 2 is 2.16 bits per heavy atom. The normalized spacial score (nSPS) is 16.2. The van der Waals surface area contributed by atoms with Gasteiger partial charge in [0.1, 0.15) is 19.0 Å². The van der Waals surface area contributed by atoms with Crippen molar-refractivity contribution >= 4 is 6.09 Å². The molecule has 0 radical (unpaired) electrons. The molecule has 1 fully saturated rings. The Hall–Kier alpha value is -2.63. The van der Waals surface area contributed by atoms with E-state index in [-0.39, 0.29) is 18.7 Å². The lowest BCUT2D eigenvalue weighted by molar-refractivity contribution is 0.0259. The molecule has 1 atom stereocenters. The highest BCUT2D eigenvalue weighted by Gasteiger charge is 2.34. The maximum atomic E-state index is 13.4. The van der Waals surface area contributed by atoms with E-state index in [0.29, 0.717) is 30.9 Å². The van der Waals surface area contributed by atoms with Gasteiger partial charge in [-0.1, -0.05) is 37.3 Å². The zero-order valence-electron chi connectivity index (χ0n) is 14.2. The first-order valence-corrected chi connectivity index (χ1v) is 8.42. The molecule has 2 aromatic rings. The molecule has 1 aromatic carbocycles. The van der Waals surface area contributed by atoms with E-state index in [2.05, 4.69) is 4.98 Å². The maximum absolute atomic E-state index is 13.4. The number of ether oxygens (including phenoxy) is 2. The van der Waals surface area contributed by atoms with Gasteiger partial charge in [-0.05, 0) is 24.5 Å². The van der Waals surface area contributed by atoms with Gasteiger partial charge in [0, 0.05) is 12.1 Å². The van der Waals surface area contributed by atoms with Crippen molar-refractivity contribution in [2.75, 3.05) is 13.2 Å². The average molecular weight is 344 g/mol. The fourth-order valence-corrected chi connectivity index (χ4v) is 2.65. The predicted octanol–water partition coefficient (Wildman–Crippen LogP) is 3.57. The molecule has 25 heavy (non-hydrogen) atoms. The topological polar surface area (TPSA) is 51.7 Å². The quantitative estimate of drug-likeness (QED) is 0.752. The number of amides is 1. The Bertz CT molecular complexity index is 724. The van der Waals surface area contributed by atoms with Gasteiger partial charge in [-0.15, -0.1) is 0 Å². The number of aromatic nitrogens is 1. The van der Waals surface area contributed by atoms with Crippen molar-refractivity contribution in [3.05, 3.63) is 59.7 Å². The lowest BCUT2D eigenvalue weighted by Gasteiger charge is -2.39. The molecule has 0 aliphatic carbocycles. The second kappa shape index (κ2) is 7.96. The summed E-state index contributed by atoms with van der Waals surface area (Å²) in [5.41, 5.74) is 1.47. The number of hydrogen-bond donors (Lipinski definition) is 0. The monoisotopic (exact) mass is 344 g/mol. The standard InChI is InChI=1S/C19H21FN2O3/c1-2-15-10-17(11-21-18(15)20)24-13-16-8-9-22(16)19(23)25-12-14-6-4-3-5-7-14/h3-7,10-11,16H,2,8-9,12-13H2,1H3/t16-/m1/s1. The number of carbonyl (C=O) groups is 1. The minimum absolute atomic E-state index is 0.0293. The first-order chi connectivity index (χ1) is 12.2. The van der Waals surface area contributed by atoms with E-state index in [1.165, 1.54) is 6.20 Å². The Morgan fingerprint density at radius 3 is 2.84 bits per heavy atom. The molecule has 5 nitrogen and oxygen atoms in total. The molecule has 1 aliphatic heterocycles. The smallest absolute Gasteiger partial charge is 0.410 e. The molecule has 0 bridgehead atoms. The Morgan fingerprint density at radius 1 is 1.36 bits per heavy atom. The van der Waals surface area contributed by atoms with Crippen molar-refractivity contribution in [2.45, 2.75) is 32.4 Å². The van der Waals surface area contributed by atoms with Crippen molar-refractivity contribution in [3.8, 4) is 5.75 Å². The van der Waals surface area contributed by atoms with Gasteiger partial charge in [0.15, 0.2) is 0 Å². The van der Waals surface area contributed by atoms with Gasteiger partial charge in [0.2, 0.25) is 5.95 Å². The van der Waals surface area contributed by atoms with Crippen molar-refractivity contribution in [1.29, 1.82) is 0 Å². The molecule has 1 saturated heterocycles. The third-order valence-electron chi connectivity index (χ3n) is 4.29. The number of carbonyl (C=O) groups excluding carboxylic acids is 1. The minimum Gasteiger partial charge on any atom is -0.490 e. The fraction of sp³-hybridized carbons (Fsp3) is 0.368. The highest BCUT2D eigenvalue weighted by Crippen LogP contribution is 2.21. The second-order valence-electron chi connectivity index (χ2n) is 5.96. The van der Waals surface area contributed by atoms with Gasteiger partial charge in [0.25, 0.3) is 0 Å². The summed E-state index contributed by atoms with van der Waals surface area (Å²) in [6, 6.07) is 11.2. The number of rotatable bonds is 6. The number of aryl methyl sites for hydroxylation is 1. The number of likely N-dealkylation sites (tertiary alicyclic amines) is 1. The lowest BCUT2D eigenvalue weighted by atomic mass is 10.1. The molecule has 0 N–H and O–H groups in total. The molecule has 1 aromatic heterocycles. The summed E-state index contributed by atoms with van der Waals surface area (Å²) < 4.78 is 24.4. The summed E-state index contributed by atoms with van der Waals surface area (Å²) in [5, 5.41) is 0. The second-order valence-corrected chi connectivity index (χ2v) is 5.96. The number of nitrogens with zero attached hydrogens (tertiary/aromatic N) is 2. The summed E-state index contributed by atoms with van der Waals surface area (Å²) in [4.78, 5) is 17.5. The van der Waals surface area contributed by atoms with Gasteiger partial charge in [0.05, 0.1) is 12.2 Å². The SMILES string of the molecule is CCc1cc(OC[C@H]2CCN2C(=O)OCc2ccccc2)cnc1F. The van der Waals surface area contributed by atoms with Gasteiger partial charge in [-0.2, -0.15) is 4.39 Å². The molecule has 0 spiro atoms. The van der Waals surface area contributed by atoms with Crippen molar-refractivity contribution < 1.29 is 18.7 Å². The van der Waals surface area contributed by atoms with Crippen LogP contribution in [-0.2, 0) is 17.8 Å². The van der Waals surface area contributed by atoms with Crippen LogP contribution in [0.4, 0.5) is 9.18 Å². The molecule has 6 heteroatoms. The van der Waals surface area contributed by atoms with Crippen LogP contribution in [-0.4, -0.2) is 35.2 Å². The molecule has 2 heterocycles. The zero-order chi connectivity index (χ0) is 17.6. The van der Waals surface area contributed by atoms with E-state index < -0.39 is 5.95 Å². The van der Waals surface area contributed by atoms with E-state index in [1.807, 2.05) is 37.3 Å². The van der Waals surface area contributed by atoms with E-state index in [4.69, 9.17) is 9.47 Å². The van der Waals surface area contributed by atoms with E-state index >= 15 is 0 Å². The van der Waals surface area contributed by atoms with Gasteiger partial charge >= 0.3 is 6.09 Å². The van der Waals surface area contributed by atoms with Crippen LogP contribution in [0, 0.1) is 5.95 Å². The summed E-state index contributed by atoms with van der Waals surface area (Å²) >= 11 is 0. The first-order valence-electron chi connectivity index (χ1n) is 8.42. The third kappa shape index (κ3) is 4.26. The molecule has 0 unspecified atom stereocenters. The summed E-state index contributed by atoms with van der Waals surface area (Å²) in [7, 11) is 0. The van der Waals surface area contributed by atoms with Gasteiger partial charge in [-0.3, -0.25) is 0 Å². The van der Waals surface area contributed by atoms with Crippen molar-refractivity contribution in [2.24, 2.45) is 0 Å². The largest absolute Gasteiger partial charge is 0.490 e. The number of benzene rings is 1. The highest BCUT2D eigenvalue weighted by atomic mass is 19.1. The van der Waals surface area contributed by atoms with Crippen LogP contribution in [0.3, 0.4) is 0 Å². The van der Waals surface area contributed by atoms with Gasteiger partial charge < -0.3 is 14.4 Å². The molecule has 1 amide bonds. The summed E-state index contributed by atoms with van der Waals surface area (Å²) in [6.45, 7) is 3.12. The van der Waals surface area contributed by atoms with Crippen LogP contribution in [0.15, 0.2) is 42.6 Å². The fourth-order valence-electron chi connectivity index (χ4n) is 2.65. The van der Waals surface area contributed by atoms with Crippen molar-refractivity contribution in [3.63, 3.8) is 0 Å². The molecule has 132 valence electrons. The lowest BCUT2D eigenvalue weighted by Crippen LogP contribution is -2.54. The summed E-state index contributed by atoms with van der Waals surface area (Å²) in [5.74, 6) is 0.0485. The molecule has 1 aliphatic rings. The Balaban J connectivity index is 1.48. The molecule has 3 rings (SSSR count). The third-order valence-corrected chi connectivity index (χ3v) is 4.29. The maximum Gasteiger partial charge on any atom is 0.410 e. The molecular weight excluding hydrogens is 323 g/mol. The van der Waals surface area contributed by atoms with E-state index in [1.54, 1.807) is 11.0 Å². The van der Waals surface area contributed by atoms with Crippen LogP contribution in [0.1, 0.15) is 24.5 Å². The first kappa shape index (κ1) is 17.2. The predicted molar refractivity (Wildman–Crippen MR) is 90.8 cm³/mol. The van der Waals surface area contributed by atoms with Crippen LogP contribution < -0.4 is 4.74 Å². The van der Waals surface area contributed by atoms with E-state index in [0.717, 1.165) is 12.0 Å². The minimum atomic E-state index is -0.468. The van der Waals surface area contributed by atoms with E-state index in [9.17, 15) is 9.18 Å².